The summed E-state index contributed by atoms with van der Waals surface area (Å²) in [6, 6.07) is -2.32. The second-order valence-electron chi connectivity index (χ2n) is 6.80. The third-order valence-electron chi connectivity index (χ3n) is 5.03. The highest BCUT2D eigenvalue weighted by molar-refractivity contribution is 7.80. The molecule has 13 heteroatoms. The number of hydroxylamine groups is 3. The lowest BCUT2D eigenvalue weighted by Crippen LogP contribution is -2.50. The zero-order chi connectivity index (χ0) is 19.8. The lowest BCUT2D eigenvalue weighted by Gasteiger charge is -2.29. The molecule has 3 aliphatic rings. The number of likely N-dealkylation sites (tertiary alicyclic amines) is 1. The van der Waals surface area contributed by atoms with Gasteiger partial charge in [-0.05, 0) is 25.7 Å². The summed E-state index contributed by atoms with van der Waals surface area (Å²) in [6.45, 7) is 2.39. The zero-order valence-electron chi connectivity index (χ0n) is 14.7. The minimum absolute atomic E-state index is 0.0488. The van der Waals surface area contributed by atoms with Crippen molar-refractivity contribution in [3.8, 4) is 0 Å². The fourth-order valence-electron chi connectivity index (χ4n) is 3.80. The Morgan fingerprint density at radius 3 is 2.70 bits per heavy atom. The quantitative estimate of drug-likeness (QED) is 0.424. The van der Waals surface area contributed by atoms with Crippen molar-refractivity contribution >= 4 is 28.2 Å². The van der Waals surface area contributed by atoms with Gasteiger partial charge in [-0.15, -0.1) is 4.28 Å². The number of carbonyl (C=O) groups excluding carboxylic acids is 3. The summed E-state index contributed by atoms with van der Waals surface area (Å²) in [6.07, 6.45) is 2.28. The van der Waals surface area contributed by atoms with Crippen LogP contribution >= 0.6 is 0 Å². The predicted molar refractivity (Wildman–Crippen MR) is 87.9 cm³/mol. The van der Waals surface area contributed by atoms with Crippen LogP contribution in [0.2, 0.25) is 0 Å². The summed E-state index contributed by atoms with van der Waals surface area (Å²) >= 11 is 0. The first-order valence-electron chi connectivity index (χ1n) is 8.63. The molecule has 3 aliphatic heterocycles. The van der Waals surface area contributed by atoms with Gasteiger partial charge in [-0.25, -0.2) is 10.3 Å². The molecule has 3 rings (SSSR count). The molecule has 2 bridgehead atoms. The molecule has 152 valence electrons. The molecule has 0 aliphatic carbocycles. The summed E-state index contributed by atoms with van der Waals surface area (Å²) in [4.78, 5) is 44.3. The number of amides is 4. The van der Waals surface area contributed by atoms with Crippen LogP contribution in [0.5, 0.6) is 0 Å². The highest BCUT2D eigenvalue weighted by Crippen LogP contribution is 2.30. The van der Waals surface area contributed by atoms with Gasteiger partial charge in [0.15, 0.2) is 0 Å². The molecule has 0 aromatic rings. The third-order valence-corrected chi connectivity index (χ3v) is 5.38. The minimum atomic E-state index is -4.83. The molecule has 12 nitrogen and oxygen atoms in total. The van der Waals surface area contributed by atoms with E-state index in [1.54, 1.807) is 4.90 Å². The number of fused-ring (bicyclic) bond motifs is 2. The van der Waals surface area contributed by atoms with E-state index in [1.807, 2.05) is 0 Å². The van der Waals surface area contributed by atoms with Crippen molar-refractivity contribution in [1.29, 1.82) is 0 Å². The predicted octanol–water partition coefficient (Wildman–Crippen LogP) is -0.952. The Bertz CT molecular complexity index is 729. The standard InChI is InChI=1S/C14H22N4O8S/c1-9(19)16-6-2-3-11(16)8-25-15-13(20)12-5-4-10-7-17(12)14(21)18(10)26-27(22,23)24/h10-12H,2-8H2,1H3,(H,15,20)(H,22,23,24). The molecule has 4 amide bonds. The molecule has 3 heterocycles. The third kappa shape index (κ3) is 4.31. The highest BCUT2D eigenvalue weighted by atomic mass is 32.3. The second-order valence-corrected chi connectivity index (χ2v) is 7.80. The van der Waals surface area contributed by atoms with Crippen molar-refractivity contribution in [3.63, 3.8) is 0 Å². The molecular formula is C14H22N4O8S. The number of urea groups is 1. The van der Waals surface area contributed by atoms with E-state index in [9.17, 15) is 22.8 Å². The Morgan fingerprint density at radius 2 is 2.04 bits per heavy atom. The van der Waals surface area contributed by atoms with Crippen molar-refractivity contribution in [2.75, 3.05) is 19.7 Å². The van der Waals surface area contributed by atoms with Crippen molar-refractivity contribution in [3.05, 3.63) is 0 Å². The van der Waals surface area contributed by atoms with Crippen LogP contribution in [0.1, 0.15) is 32.6 Å². The van der Waals surface area contributed by atoms with Gasteiger partial charge in [-0.1, -0.05) is 0 Å². The maximum atomic E-state index is 12.4. The van der Waals surface area contributed by atoms with Crippen LogP contribution < -0.4 is 5.48 Å². The monoisotopic (exact) mass is 406 g/mol. The lowest BCUT2D eigenvalue weighted by molar-refractivity contribution is -0.141. The van der Waals surface area contributed by atoms with Crippen LogP contribution in [-0.4, -0.2) is 83.5 Å². The Labute approximate surface area is 156 Å². The maximum absolute atomic E-state index is 12.4. The van der Waals surface area contributed by atoms with E-state index in [0.29, 0.717) is 24.4 Å². The van der Waals surface area contributed by atoms with E-state index in [1.165, 1.54) is 11.8 Å². The van der Waals surface area contributed by atoms with Gasteiger partial charge < -0.3 is 9.80 Å². The molecule has 3 saturated heterocycles. The van der Waals surface area contributed by atoms with E-state index < -0.39 is 34.4 Å². The van der Waals surface area contributed by atoms with E-state index >= 15 is 0 Å². The molecule has 0 radical (unpaired) electrons. The van der Waals surface area contributed by atoms with Gasteiger partial charge in [-0.3, -0.25) is 19.0 Å². The first-order chi connectivity index (χ1) is 12.7. The Morgan fingerprint density at radius 1 is 1.30 bits per heavy atom. The highest BCUT2D eigenvalue weighted by Gasteiger charge is 2.49. The van der Waals surface area contributed by atoms with Crippen LogP contribution in [0.4, 0.5) is 4.79 Å². The lowest BCUT2D eigenvalue weighted by atomic mass is 10.0. The second kappa shape index (κ2) is 7.58. The minimum Gasteiger partial charge on any atom is -0.338 e. The normalized spacial score (nSPS) is 28.0. The zero-order valence-corrected chi connectivity index (χ0v) is 15.6. The summed E-state index contributed by atoms with van der Waals surface area (Å²) in [5.41, 5.74) is 2.31. The van der Waals surface area contributed by atoms with Crippen LogP contribution in [-0.2, 0) is 29.1 Å². The number of hydrogen-bond donors (Lipinski definition) is 2. The van der Waals surface area contributed by atoms with Crippen molar-refractivity contribution in [2.24, 2.45) is 0 Å². The van der Waals surface area contributed by atoms with Crippen LogP contribution in [0, 0.1) is 0 Å². The topological polar surface area (TPSA) is 146 Å². The Balaban J connectivity index is 1.53. The number of rotatable bonds is 6. The van der Waals surface area contributed by atoms with E-state index in [-0.39, 0.29) is 25.1 Å². The molecule has 0 saturated carbocycles. The number of nitrogens with zero attached hydrogens (tertiary/aromatic N) is 3. The maximum Gasteiger partial charge on any atom is 0.418 e. The smallest absolute Gasteiger partial charge is 0.338 e. The van der Waals surface area contributed by atoms with Crippen LogP contribution in [0.25, 0.3) is 0 Å². The van der Waals surface area contributed by atoms with E-state index in [2.05, 4.69) is 9.76 Å². The van der Waals surface area contributed by atoms with Crippen LogP contribution in [0.3, 0.4) is 0 Å². The molecule has 0 aromatic carbocycles. The number of carbonyl (C=O) groups is 3. The molecule has 3 unspecified atom stereocenters. The average molecular weight is 406 g/mol. The molecule has 2 N–H and O–H groups in total. The van der Waals surface area contributed by atoms with Gasteiger partial charge in [0.2, 0.25) is 5.91 Å². The first kappa shape index (κ1) is 19.8. The molecule has 0 aromatic heterocycles. The van der Waals surface area contributed by atoms with Gasteiger partial charge in [0.1, 0.15) is 6.04 Å². The Hall–Kier alpha value is -1.96. The number of hydrogen-bond acceptors (Lipinski definition) is 7. The molecule has 27 heavy (non-hydrogen) atoms. The Kier molecular flexibility index (Phi) is 5.55. The summed E-state index contributed by atoms with van der Waals surface area (Å²) < 4.78 is 34.8. The first-order valence-corrected chi connectivity index (χ1v) is 9.99. The molecular weight excluding hydrogens is 384 g/mol. The van der Waals surface area contributed by atoms with Gasteiger partial charge in [0.25, 0.3) is 5.91 Å². The molecule has 3 fully saturated rings. The fraction of sp³-hybridized carbons (Fsp3) is 0.786. The fourth-order valence-corrected chi connectivity index (χ4v) is 4.19. The van der Waals surface area contributed by atoms with Gasteiger partial charge in [0.05, 0.1) is 18.7 Å². The van der Waals surface area contributed by atoms with Gasteiger partial charge in [0, 0.05) is 20.0 Å². The van der Waals surface area contributed by atoms with E-state index in [0.717, 1.165) is 12.8 Å². The summed E-state index contributed by atoms with van der Waals surface area (Å²) in [5, 5.41) is 0.576. The average Bonchev–Trinajstić information content (AvgIpc) is 3.14. The number of piperidine rings is 1. The van der Waals surface area contributed by atoms with Gasteiger partial charge >= 0.3 is 16.4 Å². The van der Waals surface area contributed by atoms with E-state index in [4.69, 9.17) is 9.39 Å². The van der Waals surface area contributed by atoms with Crippen molar-refractivity contribution < 1.29 is 36.5 Å². The van der Waals surface area contributed by atoms with Gasteiger partial charge in [-0.2, -0.15) is 13.5 Å². The SMILES string of the molecule is CC(=O)N1CCCC1CONC(=O)C1CCC2CN1C(=O)N2OS(=O)(=O)O. The van der Waals surface area contributed by atoms with Crippen molar-refractivity contribution in [2.45, 2.75) is 50.7 Å². The molecule has 3 atom stereocenters. The summed E-state index contributed by atoms with van der Waals surface area (Å²) in [7, 11) is -4.83. The largest absolute Gasteiger partial charge is 0.418 e. The molecule has 0 spiro atoms. The summed E-state index contributed by atoms with van der Waals surface area (Å²) in [5.74, 6) is -0.588. The van der Waals surface area contributed by atoms with Crippen molar-refractivity contribution in [1.82, 2.24) is 20.3 Å². The van der Waals surface area contributed by atoms with Crippen LogP contribution in [0.15, 0.2) is 0 Å². The number of nitrogens with one attached hydrogen (secondary N) is 1.